The van der Waals surface area contributed by atoms with E-state index in [2.05, 4.69) is 16.8 Å². The van der Waals surface area contributed by atoms with E-state index < -0.39 is 0 Å². The van der Waals surface area contributed by atoms with Crippen molar-refractivity contribution in [3.8, 4) is 17.6 Å². The lowest BCUT2D eigenvalue weighted by Crippen LogP contribution is -2.00. The predicted octanol–water partition coefficient (Wildman–Crippen LogP) is 1.06. The van der Waals surface area contributed by atoms with Gasteiger partial charge in [-0.05, 0) is 0 Å². The molecule has 0 spiro atoms. The van der Waals surface area contributed by atoms with Gasteiger partial charge in [-0.2, -0.15) is 0 Å². The van der Waals surface area contributed by atoms with E-state index in [9.17, 15) is 0 Å². The van der Waals surface area contributed by atoms with E-state index in [1.165, 1.54) is 13.3 Å². The summed E-state index contributed by atoms with van der Waals surface area (Å²) in [6.45, 7) is -0.102. The molecule has 80 valence electrons. The van der Waals surface area contributed by atoms with Crippen LogP contribution in [0.25, 0.3) is 0 Å². The average molecular weight is 228 g/mol. The minimum atomic E-state index is -0.198. The van der Waals surface area contributed by atoms with E-state index in [0.717, 1.165) is 0 Å². The molecule has 0 atom stereocenters. The van der Waals surface area contributed by atoms with Gasteiger partial charge in [0.25, 0.3) is 0 Å². The lowest BCUT2D eigenvalue weighted by Gasteiger charge is -2.05. The van der Waals surface area contributed by atoms with Gasteiger partial charge in [0.2, 0.25) is 0 Å². The number of hydrogen-bond donors (Lipinski definition) is 1. The topological polar surface area (TPSA) is 51.6 Å². The SMILES string of the molecule is COCOc1cc(C#CCO)cnc1Cl. The normalized spacial score (nSPS) is 9.27. The molecule has 0 amide bonds. The van der Waals surface area contributed by atoms with Gasteiger partial charge < -0.3 is 14.6 Å². The number of aliphatic hydroxyl groups excluding tert-OH is 1. The molecule has 1 N–H and O–H groups in total. The summed E-state index contributed by atoms with van der Waals surface area (Å²) in [7, 11) is 1.51. The van der Waals surface area contributed by atoms with E-state index in [1.54, 1.807) is 6.07 Å². The Morgan fingerprint density at radius 2 is 2.40 bits per heavy atom. The van der Waals surface area contributed by atoms with Crippen LogP contribution < -0.4 is 4.74 Å². The molecule has 0 aliphatic rings. The first-order valence-electron chi connectivity index (χ1n) is 4.15. The van der Waals surface area contributed by atoms with Crippen molar-refractivity contribution < 1.29 is 14.6 Å². The Balaban J connectivity index is 2.84. The van der Waals surface area contributed by atoms with Crippen LogP contribution in [0.15, 0.2) is 12.3 Å². The molecule has 0 aromatic carbocycles. The molecular weight excluding hydrogens is 218 g/mol. The Morgan fingerprint density at radius 1 is 1.60 bits per heavy atom. The first-order chi connectivity index (χ1) is 7.27. The fraction of sp³-hybridized carbons (Fsp3) is 0.300. The highest BCUT2D eigenvalue weighted by molar-refractivity contribution is 6.30. The van der Waals surface area contributed by atoms with Crippen molar-refractivity contribution in [3.05, 3.63) is 23.0 Å². The highest BCUT2D eigenvalue weighted by Gasteiger charge is 2.03. The molecule has 0 saturated heterocycles. The highest BCUT2D eigenvalue weighted by Crippen LogP contribution is 2.22. The molecule has 0 fully saturated rings. The molecule has 15 heavy (non-hydrogen) atoms. The maximum atomic E-state index is 8.52. The smallest absolute Gasteiger partial charge is 0.188 e. The van der Waals surface area contributed by atoms with Gasteiger partial charge >= 0.3 is 0 Å². The van der Waals surface area contributed by atoms with Crippen molar-refractivity contribution in [2.75, 3.05) is 20.5 Å². The summed E-state index contributed by atoms with van der Waals surface area (Å²) in [4.78, 5) is 3.89. The van der Waals surface area contributed by atoms with Gasteiger partial charge in [0, 0.05) is 24.9 Å². The highest BCUT2D eigenvalue weighted by atomic mass is 35.5. The zero-order chi connectivity index (χ0) is 11.1. The fourth-order valence-corrected chi connectivity index (χ4v) is 1.02. The Labute approximate surface area is 92.8 Å². The van der Waals surface area contributed by atoms with Crippen LogP contribution in [-0.2, 0) is 4.74 Å². The summed E-state index contributed by atoms with van der Waals surface area (Å²) >= 11 is 5.78. The monoisotopic (exact) mass is 227 g/mol. The predicted molar refractivity (Wildman–Crippen MR) is 55.7 cm³/mol. The van der Waals surface area contributed by atoms with Crippen LogP contribution in [0.5, 0.6) is 5.75 Å². The molecule has 0 saturated carbocycles. The molecule has 0 radical (unpaired) electrons. The molecule has 1 aromatic heterocycles. The summed E-state index contributed by atoms with van der Waals surface area (Å²) in [5.74, 6) is 5.61. The van der Waals surface area contributed by atoms with Crippen LogP contribution in [0, 0.1) is 11.8 Å². The molecule has 0 unspecified atom stereocenters. The van der Waals surface area contributed by atoms with Gasteiger partial charge in [-0.15, -0.1) is 0 Å². The van der Waals surface area contributed by atoms with Gasteiger partial charge in [0.1, 0.15) is 6.61 Å². The number of rotatable bonds is 3. The summed E-state index contributed by atoms with van der Waals surface area (Å²) in [6, 6.07) is 1.64. The second-order valence-corrected chi connectivity index (χ2v) is 2.88. The molecule has 0 bridgehead atoms. The van der Waals surface area contributed by atoms with Crippen LogP contribution in [0.3, 0.4) is 0 Å². The number of hydrogen-bond acceptors (Lipinski definition) is 4. The summed E-state index contributed by atoms with van der Waals surface area (Å²) in [5.41, 5.74) is 0.625. The fourth-order valence-electron chi connectivity index (χ4n) is 0.861. The third kappa shape index (κ3) is 3.76. The van der Waals surface area contributed by atoms with Gasteiger partial charge in [-0.1, -0.05) is 23.4 Å². The first kappa shape index (κ1) is 11.8. The quantitative estimate of drug-likeness (QED) is 0.477. The van der Waals surface area contributed by atoms with E-state index in [4.69, 9.17) is 26.2 Å². The van der Waals surface area contributed by atoms with Crippen LogP contribution >= 0.6 is 11.6 Å². The Hall–Kier alpha value is -1.28. The third-order valence-electron chi connectivity index (χ3n) is 1.45. The number of methoxy groups -OCH3 is 1. The number of nitrogens with zero attached hydrogens (tertiary/aromatic N) is 1. The minimum Gasteiger partial charge on any atom is -0.464 e. The molecule has 1 rings (SSSR count). The van der Waals surface area contributed by atoms with Gasteiger partial charge in [-0.25, -0.2) is 4.98 Å². The van der Waals surface area contributed by atoms with Crippen molar-refractivity contribution >= 4 is 11.6 Å². The van der Waals surface area contributed by atoms with Crippen molar-refractivity contribution in [1.29, 1.82) is 0 Å². The molecular formula is C10H10ClNO3. The van der Waals surface area contributed by atoms with Crippen LogP contribution in [0.2, 0.25) is 5.15 Å². The van der Waals surface area contributed by atoms with Gasteiger partial charge in [-0.3, -0.25) is 0 Å². The zero-order valence-corrected chi connectivity index (χ0v) is 8.91. The second kappa shape index (κ2) is 6.25. The number of halogens is 1. The van der Waals surface area contributed by atoms with Gasteiger partial charge in [0.15, 0.2) is 17.7 Å². The van der Waals surface area contributed by atoms with E-state index >= 15 is 0 Å². The summed E-state index contributed by atoms with van der Waals surface area (Å²) in [6.07, 6.45) is 1.50. The summed E-state index contributed by atoms with van der Waals surface area (Å²) < 4.78 is 9.90. The van der Waals surface area contributed by atoms with Crippen LogP contribution in [0.4, 0.5) is 0 Å². The largest absolute Gasteiger partial charge is 0.464 e. The molecule has 0 aliphatic heterocycles. The molecule has 4 nitrogen and oxygen atoms in total. The maximum absolute atomic E-state index is 8.52. The third-order valence-corrected chi connectivity index (χ3v) is 1.73. The lowest BCUT2D eigenvalue weighted by atomic mass is 10.3. The molecule has 0 aliphatic carbocycles. The van der Waals surface area contributed by atoms with Crippen molar-refractivity contribution in [3.63, 3.8) is 0 Å². The Morgan fingerprint density at radius 3 is 3.07 bits per heavy atom. The Bertz CT molecular complexity index is 384. The van der Waals surface area contributed by atoms with E-state index in [1.807, 2.05) is 0 Å². The molecule has 1 heterocycles. The van der Waals surface area contributed by atoms with Gasteiger partial charge in [0.05, 0.1) is 0 Å². The van der Waals surface area contributed by atoms with Crippen LogP contribution in [0.1, 0.15) is 5.56 Å². The number of ether oxygens (including phenoxy) is 2. The average Bonchev–Trinajstić information content (AvgIpc) is 2.26. The standard InChI is InChI=1S/C10H10ClNO3/c1-14-7-15-9-5-8(3-2-4-13)6-12-10(9)11/h5-6,13H,4,7H2,1H3. The van der Waals surface area contributed by atoms with Crippen molar-refractivity contribution in [2.45, 2.75) is 0 Å². The van der Waals surface area contributed by atoms with Crippen LogP contribution in [-0.4, -0.2) is 30.6 Å². The zero-order valence-electron chi connectivity index (χ0n) is 8.16. The first-order valence-corrected chi connectivity index (χ1v) is 4.52. The minimum absolute atomic E-state index is 0.0955. The summed E-state index contributed by atoms with van der Waals surface area (Å²) in [5, 5.41) is 8.77. The molecule has 5 heteroatoms. The van der Waals surface area contributed by atoms with E-state index in [-0.39, 0.29) is 18.6 Å². The number of aromatic nitrogens is 1. The van der Waals surface area contributed by atoms with Crippen molar-refractivity contribution in [1.82, 2.24) is 4.98 Å². The van der Waals surface area contributed by atoms with Crippen molar-refractivity contribution in [2.24, 2.45) is 0 Å². The molecule has 1 aromatic rings. The Kier molecular flexibility index (Phi) is 4.91. The second-order valence-electron chi connectivity index (χ2n) is 2.52. The maximum Gasteiger partial charge on any atom is 0.188 e. The lowest BCUT2D eigenvalue weighted by molar-refractivity contribution is 0.0509. The number of pyridine rings is 1. The number of aliphatic hydroxyl groups is 1. The van der Waals surface area contributed by atoms with E-state index in [0.29, 0.717) is 11.3 Å².